The molecule has 3 rings (SSSR count). The molecule has 0 fully saturated rings. The summed E-state index contributed by atoms with van der Waals surface area (Å²) in [6.07, 6.45) is 3.37. The average Bonchev–Trinajstić information content (AvgIpc) is 2.98. The minimum atomic E-state index is -0.141. The number of amides is 1. The van der Waals surface area contributed by atoms with E-state index in [2.05, 4.69) is 10.4 Å². The Bertz CT molecular complexity index is 566. The summed E-state index contributed by atoms with van der Waals surface area (Å²) in [6.45, 7) is 0.404. The van der Waals surface area contributed by atoms with Crippen LogP contribution in [0.3, 0.4) is 0 Å². The summed E-state index contributed by atoms with van der Waals surface area (Å²) in [4.78, 5) is 11.7. The van der Waals surface area contributed by atoms with Crippen molar-refractivity contribution < 1.29 is 14.3 Å². The number of hydrogen-bond acceptors (Lipinski definition) is 4. The van der Waals surface area contributed by atoms with Crippen LogP contribution in [0, 0.1) is 0 Å². The maximum atomic E-state index is 11.7. The molecule has 1 aromatic carbocycles. The molecule has 1 amide bonds. The Labute approximate surface area is 103 Å². The SMILES string of the molecule is O=C(Cn1cccn1)Nc1ccc2c(c1)OCO2. The molecular weight excluding hydrogens is 234 g/mol. The molecule has 2 aromatic rings. The van der Waals surface area contributed by atoms with E-state index >= 15 is 0 Å². The standard InChI is InChI=1S/C12H11N3O3/c16-12(7-15-5-1-4-13-15)14-9-2-3-10-11(6-9)18-8-17-10/h1-6H,7-8H2,(H,14,16). The van der Waals surface area contributed by atoms with E-state index in [9.17, 15) is 4.79 Å². The summed E-state index contributed by atoms with van der Waals surface area (Å²) in [5, 5.41) is 6.74. The fourth-order valence-electron chi connectivity index (χ4n) is 1.72. The fraction of sp³-hybridized carbons (Fsp3) is 0.167. The van der Waals surface area contributed by atoms with E-state index in [4.69, 9.17) is 9.47 Å². The number of benzene rings is 1. The highest BCUT2D eigenvalue weighted by atomic mass is 16.7. The summed E-state index contributed by atoms with van der Waals surface area (Å²) in [5.41, 5.74) is 0.677. The Hall–Kier alpha value is -2.50. The van der Waals surface area contributed by atoms with Gasteiger partial charge in [0, 0.05) is 24.1 Å². The summed E-state index contributed by atoms with van der Waals surface area (Å²) in [5.74, 6) is 1.20. The normalized spacial score (nSPS) is 12.4. The first-order valence-electron chi connectivity index (χ1n) is 5.48. The lowest BCUT2D eigenvalue weighted by Crippen LogP contribution is -2.18. The topological polar surface area (TPSA) is 65.4 Å². The van der Waals surface area contributed by atoms with Gasteiger partial charge in [0.15, 0.2) is 11.5 Å². The third kappa shape index (κ3) is 2.13. The molecule has 0 bridgehead atoms. The summed E-state index contributed by atoms with van der Waals surface area (Å²) >= 11 is 0. The van der Waals surface area contributed by atoms with Crippen molar-refractivity contribution >= 4 is 11.6 Å². The minimum Gasteiger partial charge on any atom is -0.454 e. The molecule has 1 aliphatic heterocycles. The number of nitrogens with zero attached hydrogens (tertiary/aromatic N) is 2. The second-order valence-electron chi connectivity index (χ2n) is 3.82. The molecule has 1 aromatic heterocycles. The van der Waals surface area contributed by atoms with Gasteiger partial charge >= 0.3 is 0 Å². The predicted octanol–water partition coefficient (Wildman–Crippen LogP) is 1.25. The third-order valence-corrected chi connectivity index (χ3v) is 2.52. The number of carbonyl (C=O) groups excluding carboxylic acids is 1. The monoisotopic (exact) mass is 245 g/mol. The second kappa shape index (κ2) is 4.40. The molecule has 92 valence electrons. The van der Waals surface area contributed by atoms with Gasteiger partial charge in [0.05, 0.1) is 0 Å². The Balaban J connectivity index is 1.67. The fourth-order valence-corrected chi connectivity index (χ4v) is 1.72. The van der Waals surface area contributed by atoms with Crippen LogP contribution in [0.15, 0.2) is 36.7 Å². The Morgan fingerprint density at radius 1 is 1.39 bits per heavy atom. The van der Waals surface area contributed by atoms with Crippen molar-refractivity contribution in [3.63, 3.8) is 0 Å². The maximum absolute atomic E-state index is 11.7. The van der Waals surface area contributed by atoms with E-state index in [0.29, 0.717) is 17.2 Å². The summed E-state index contributed by atoms with van der Waals surface area (Å²) < 4.78 is 12.0. The first kappa shape index (κ1) is 10.6. The molecule has 6 heteroatoms. The van der Waals surface area contributed by atoms with Crippen molar-refractivity contribution in [2.24, 2.45) is 0 Å². The highest BCUT2D eigenvalue weighted by Crippen LogP contribution is 2.34. The summed E-state index contributed by atoms with van der Waals surface area (Å²) in [7, 11) is 0. The molecule has 1 aliphatic rings. The Morgan fingerprint density at radius 2 is 2.28 bits per heavy atom. The van der Waals surface area contributed by atoms with Crippen LogP contribution in [-0.2, 0) is 11.3 Å². The highest BCUT2D eigenvalue weighted by Gasteiger charge is 2.14. The van der Waals surface area contributed by atoms with Crippen LogP contribution in [0.1, 0.15) is 0 Å². The van der Waals surface area contributed by atoms with E-state index < -0.39 is 0 Å². The van der Waals surface area contributed by atoms with E-state index in [1.807, 2.05) is 0 Å². The summed E-state index contributed by atoms with van der Waals surface area (Å²) in [6, 6.07) is 7.05. The van der Waals surface area contributed by atoms with Crippen LogP contribution >= 0.6 is 0 Å². The van der Waals surface area contributed by atoms with Crippen LogP contribution in [0.2, 0.25) is 0 Å². The smallest absolute Gasteiger partial charge is 0.246 e. The number of carbonyl (C=O) groups is 1. The number of hydrogen-bond donors (Lipinski definition) is 1. The molecule has 1 N–H and O–H groups in total. The van der Waals surface area contributed by atoms with Gasteiger partial charge in [-0.15, -0.1) is 0 Å². The lowest BCUT2D eigenvalue weighted by Gasteiger charge is -2.06. The van der Waals surface area contributed by atoms with Crippen molar-refractivity contribution in [2.75, 3.05) is 12.1 Å². The zero-order chi connectivity index (χ0) is 12.4. The van der Waals surface area contributed by atoms with Gasteiger partial charge in [-0.1, -0.05) is 0 Å². The largest absolute Gasteiger partial charge is 0.454 e. The molecule has 6 nitrogen and oxygen atoms in total. The number of rotatable bonds is 3. The van der Waals surface area contributed by atoms with Gasteiger partial charge in [0.2, 0.25) is 12.7 Å². The van der Waals surface area contributed by atoms with E-state index in [1.54, 1.807) is 41.3 Å². The van der Waals surface area contributed by atoms with Gasteiger partial charge < -0.3 is 14.8 Å². The molecule has 0 saturated carbocycles. The van der Waals surface area contributed by atoms with E-state index in [0.717, 1.165) is 0 Å². The Kier molecular flexibility index (Phi) is 2.60. The van der Waals surface area contributed by atoms with Crippen LogP contribution in [-0.4, -0.2) is 22.5 Å². The van der Waals surface area contributed by atoms with Gasteiger partial charge in [-0.25, -0.2) is 0 Å². The van der Waals surface area contributed by atoms with Gasteiger partial charge in [0.1, 0.15) is 6.54 Å². The van der Waals surface area contributed by atoms with Crippen molar-refractivity contribution in [2.45, 2.75) is 6.54 Å². The molecule has 2 heterocycles. The molecule has 0 aliphatic carbocycles. The zero-order valence-corrected chi connectivity index (χ0v) is 9.50. The first-order valence-corrected chi connectivity index (χ1v) is 5.48. The van der Waals surface area contributed by atoms with Gasteiger partial charge in [-0.2, -0.15) is 5.10 Å². The number of ether oxygens (including phenoxy) is 2. The number of aromatic nitrogens is 2. The van der Waals surface area contributed by atoms with Crippen LogP contribution in [0.5, 0.6) is 11.5 Å². The van der Waals surface area contributed by atoms with Crippen molar-refractivity contribution in [1.29, 1.82) is 0 Å². The minimum absolute atomic E-state index is 0.141. The van der Waals surface area contributed by atoms with Crippen molar-refractivity contribution in [1.82, 2.24) is 9.78 Å². The predicted molar refractivity (Wildman–Crippen MR) is 63.4 cm³/mol. The molecule has 18 heavy (non-hydrogen) atoms. The van der Waals surface area contributed by atoms with Crippen LogP contribution in [0.4, 0.5) is 5.69 Å². The third-order valence-electron chi connectivity index (χ3n) is 2.52. The lowest BCUT2D eigenvalue weighted by atomic mass is 10.3. The van der Waals surface area contributed by atoms with E-state index in [-0.39, 0.29) is 19.2 Å². The molecular formula is C12H11N3O3. The highest BCUT2D eigenvalue weighted by molar-refractivity contribution is 5.90. The number of anilines is 1. The van der Waals surface area contributed by atoms with E-state index in [1.165, 1.54) is 0 Å². The first-order chi connectivity index (χ1) is 8.81. The quantitative estimate of drug-likeness (QED) is 0.883. The van der Waals surface area contributed by atoms with Gasteiger partial charge in [0.25, 0.3) is 0 Å². The molecule has 0 spiro atoms. The van der Waals surface area contributed by atoms with Gasteiger partial charge in [-0.3, -0.25) is 9.48 Å². The average molecular weight is 245 g/mol. The van der Waals surface area contributed by atoms with Crippen LogP contribution in [0.25, 0.3) is 0 Å². The lowest BCUT2D eigenvalue weighted by molar-refractivity contribution is -0.116. The molecule has 0 saturated heterocycles. The molecule has 0 atom stereocenters. The second-order valence-corrected chi connectivity index (χ2v) is 3.82. The molecule has 0 unspecified atom stereocenters. The number of nitrogens with one attached hydrogen (secondary N) is 1. The van der Waals surface area contributed by atoms with Crippen molar-refractivity contribution in [3.05, 3.63) is 36.7 Å². The van der Waals surface area contributed by atoms with Gasteiger partial charge in [-0.05, 0) is 18.2 Å². The Morgan fingerprint density at radius 3 is 3.11 bits per heavy atom. The number of fused-ring (bicyclic) bond motifs is 1. The zero-order valence-electron chi connectivity index (χ0n) is 9.50. The van der Waals surface area contributed by atoms with Crippen LogP contribution < -0.4 is 14.8 Å². The van der Waals surface area contributed by atoms with Crippen molar-refractivity contribution in [3.8, 4) is 11.5 Å². The molecule has 0 radical (unpaired) electrons. The maximum Gasteiger partial charge on any atom is 0.246 e.